The molecule has 1 amide bonds. The van der Waals surface area contributed by atoms with Gasteiger partial charge in [-0.1, -0.05) is 0 Å². The van der Waals surface area contributed by atoms with Gasteiger partial charge in [-0.15, -0.1) is 0 Å². The zero-order chi connectivity index (χ0) is 12.0. The van der Waals surface area contributed by atoms with E-state index in [4.69, 9.17) is 10.2 Å². The average Bonchev–Trinajstić information content (AvgIpc) is 3.04. The SMILES string of the molecule is O=C(O)CCCCC(=O)N(CCO)C1CC1. The summed E-state index contributed by atoms with van der Waals surface area (Å²) in [6, 6.07) is 0.319. The molecule has 0 aromatic carbocycles. The average molecular weight is 229 g/mol. The van der Waals surface area contributed by atoms with Crippen molar-refractivity contribution in [1.82, 2.24) is 4.90 Å². The lowest BCUT2D eigenvalue weighted by Crippen LogP contribution is -2.35. The summed E-state index contributed by atoms with van der Waals surface area (Å²) in [6.45, 7) is 0.403. The Morgan fingerprint density at radius 1 is 1.19 bits per heavy atom. The Kier molecular flexibility index (Phi) is 5.25. The Morgan fingerprint density at radius 2 is 1.81 bits per heavy atom. The second-order valence-electron chi connectivity index (χ2n) is 4.14. The van der Waals surface area contributed by atoms with Gasteiger partial charge in [0.2, 0.25) is 5.91 Å². The van der Waals surface area contributed by atoms with E-state index >= 15 is 0 Å². The number of rotatable bonds is 8. The molecule has 0 atom stereocenters. The molecule has 1 saturated carbocycles. The molecular weight excluding hydrogens is 210 g/mol. The van der Waals surface area contributed by atoms with E-state index < -0.39 is 5.97 Å². The number of aliphatic hydroxyl groups is 1. The number of carboxylic acid groups (broad SMARTS) is 1. The van der Waals surface area contributed by atoms with Gasteiger partial charge in [0.1, 0.15) is 0 Å². The van der Waals surface area contributed by atoms with Gasteiger partial charge in [-0.3, -0.25) is 9.59 Å². The topological polar surface area (TPSA) is 77.8 Å². The van der Waals surface area contributed by atoms with E-state index in [1.165, 1.54) is 0 Å². The van der Waals surface area contributed by atoms with Crippen molar-refractivity contribution >= 4 is 11.9 Å². The fraction of sp³-hybridized carbons (Fsp3) is 0.818. The smallest absolute Gasteiger partial charge is 0.303 e. The largest absolute Gasteiger partial charge is 0.481 e. The maximum atomic E-state index is 11.7. The molecule has 0 aromatic rings. The highest BCUT2D eigenvalue weighted by molar-refractivity contribution is 5.77. The molecule has 1 fully saturated rings. The van der Waals surface area contributed by atoms with E-state index in [0.29, 0.717) is 31.8 Å². The number of hydrogen-bond donors (Lipinski definition) is 2. The van der Waals surface area contributed by atoms with Crippen molar-refractivity contribution < 1.29 is 19.8 Å². The van der Waals surface area contributed by atoms with Crippen LogP contribution in [-0.4, -0.2) is 46.2 Å². The molecule has 2 N–H and O–H groups in total. The Bertz CT molecular complexity index is 250. The third-order valence-electron chi connectivity index (χ3n) is 2.68. The molecule has 0 radical (unpaired) electrons. The van der Waals surface area contributed by atoms with Crippen LogP contribution in [0.2, 0.25) is 0 Å². The lowest BCUT2D eigenvalue weighted by atomic mass is 10.2. The van der Waals surface area contributed by atoms with Crippen LogP contribution >= 0.6 is 0 Å². The van der Waals surface area contributed by atoms with Gasteiger partial charge >= 0.3 is 5.97 Å². The highest BCUT2D eigenvalue weighted by atomic mass is 16.4. The number of carbonyl (C=O) groups excluding carboxylic acids is 1. The van der Waals surface area contributed by atoms with Gasteiger partial charge in [0.15, 0.2) is 0 Å². The van der Waals surface area contributed by atoms with Crippen LogP contribution in [0.4, 0.5) is 0 Å². The van der Waals surface area contributed by atoms with Gasteiger partial charge in [-0.2, -0.15) is 0 Å². The molecule has 0 unspecified atom stereocenters. The number of amides is 1. The van der Waals surface area contributed by atoms with Crippen molar-refractivity contribution in [1.29, 1.82) is 0 Å². The minimum atomic E-state index is -0.818. The summed E-state index contributed by atoms with van der Waals surface area (Å²) >= 11 is 0. The standard InChI is InChI=1S/C11H19NO4/c13-8-7-12(9-5-6-9)10(14)3-1-2-4-11(15)16/h9,13H,1-8H2,(H,15,16). The lowest BCUT2D eigenvalue weighted by Gasteiger charge is -2.21. The Hall–Kier alpha value is -1.10. The molecule has 0 spiro atoms. The third kappa shape index (κ3) is 4.61. The van der Waals surface area contributed by atoms with Crippen LogP contribution in [0.15, 0.2) is 0 Å². The molecule has 5 nitrogen and oxygen atoms in total. The fourth-order valence-electron chi connectivity index (χ4n) is 1.70. The minimum absolute atomic E-state index is 0.00261. The monoisotopic (exact) mass is 229 g/mol. The van der Waals surface area contributed by atoms with E-state index in [-0.39, 0.29) is 18.9 Å². The van der Waals surface area contributed by atoms with Crippen molar-refractivity contribution in [3.63, 3.8) is 0 Å². The molecule has 0 aliphatic heterocycles. The molecular formula is C11H19NO4. The van der Waals surface area contributed by atoms with Gasteiger partial charge in [0, 0.05) is 25.4 Å². The third-order valence-corrected chi connectivity index (χ3v) is 2.68. The first kappa shape index (κ1) is 13.0. The summed E-state index contributed by atoms with van der Waals surface area (Å²) in [6.07, 6.45) is 3.72. The van der Waals surface area contributed by atoms with Gasteiger partial charge in [-0.05, 0) is 25.7 Å². The van der Waals surface area contributed by atoms with Gasteiger partial charge < -0.3 is 15.1 Å². The predicted octanol–water partition coefficient (Wildman–Crippen LogP) is 0.615. The highest BCUT2D eigenvalue weighted by Crippen LogP contribution is 2.27. The Labute approximate surface area is 95.1 Å². The number of hydrogen-bond acceptors (Lipinski definition) is 3. The predicted molar refractivity (Wildman–Crippen MR) is 57.9 cm³/mol. The second-order valence-corrected chi connectivity index (χ2v) is 4.14. The zero-order valence-electron chi connectivity index (χ0n) is 9.39. The second kappa shape index (κ2) is 6.48. The maximum absolute atomic E-state index is 11.7. The molecule has 1 rings (SSSR count). The summed E-state index contributed by atoms with van der Waals surface area (Å²) in [7, 11) is 0. The normalized spacial score (nSPS) is 14.8. The number of carbonyl (C=O) groups is 2. The first-order chi connectivity index (χ1) is 7.65. The van der Waals surface area contributed by atoms with E-state index in [2.05, 4.69) is 0 Å². The molecule has 0 aromatic heterocycles. The highest BCUT2D eigenvalue weighted by Gasteiger charge is 2.31. The quantitative estimate of drug-likeness (QED) is 0.598. The van der Waals surface area contributed by atoms with Crippen LogP contribution in [0.5, 0.6) is 0 Å². The summed E-state index contributed by atoms with van der Waals surface area (Å²) in [5, 5.41) is 17.3. The van der Waals surface area contributed by atoms with Crippen LogP contribution < -0.4 is 0 Å². The van der Waals surface area contributed by atoms with Gasteiger partial charge in [-0.25, -0.2) is 0 Å². The molecule has 16 heavy (non-hydrogen) atoms. The fourth-order valence-corrected chi connectivity index (χ4v) is 1.70. The van der Waals surface area contributed by atoms with Crippen molar-refractivity contribution in [2.45, 2.75) is 44.6 Å². The number of nitrogens with zero attached hydrogens (tertiary/aromatic N) is 1. The molecule has 0 heterocycles. The first-order valence-electron chi connectivity index (χ1n) is 5.77. The molecule has 0 saturated heterocycles. The van der Waals surface area contributed by atoms with E-state index in [0.717, 1.165) is 12.8 Å². The molecule has 5 heteroatoms. The Morgan fingerprint density at radius 3 is 2.31 bits per heavy atom. The van der Waals surface area contributed by atoms with Gasteiger partial charge in [0.25, 0.3) is 0 Å². The van der Waals surface area contributed by atoms with Gasteiger partial charge in [0.05, 0.1) is 6.61 Å². The maximum Gasteiger partial charge on any atom is 0.303 e. The van der Waals surface area contributed by atoms with Crippen molar-refractivity contribution in [2.75, 3.05) is 13.2 Å². The van der Waals surface area contributed by atoms with Crippen LogP contribution in [0.3, 0.4) is 0 Å². The van der Waals surface area contributed by atoms with Crippen molar-refractivity contribution in [3.8, 4) is 0 Å². The summed E-state index contributed by atoms with van der Waals surface area (Å²) in [4.78, 5) is 23.7. The van der Waals surface area contributed by atoms with E-state index in [1.807, 2.05) is 0 Å². The van der Waals surface area contributed by atoms with E-state index in [1.54, 1.807) is 4.90 Å². The first-order valence-corrected chi connectivity index (χ1v) is 5.77. The number of aliphatic hydroxyl groups excluding tert-OH is 1. The van der Waals surface area contributed by atoms with Crippen LogP contribution in [0.1, 0.15) is 38.5 Å². The lowest BCUT2D eigenvalue weighted by molar-refractivity contribution is -0.137. The summed E-state index contributed by atoms with van der Waals surface area (Å²) < 4.78 is 0. The molecule has 0 bridgehead atoms. The van der Waals surface area contributed by atoms with Crippen LogP contribution in [0, 0.1) is 0 Å². The Balaban J connectivity index is 2.18. The number of unbranched alkanes of at least 4 members (excludes halogenated alkanes) is 1. The van der Waals surface area contributed by atoms with E-state index in [9.17, 15) is 9.59 Å². The molecule has 1 aliphatic rings. The number of carboxylic acids is 1. The summed E-state index contributed by atoms with van der Waals surface area (Å²) in [5.41, 5.74) is 0. The van der Waals surface area contributed by atoms with Crippen LogP contribution in [-0.2, 0) is 9.59 Å². The summed E-state index contributed by atoms with van der Waals surface area (Å²) in [5.74, 6) is -0.774. The molecule has 92 valence electrons. The number of aliphatic carboxylic acids is 1. The minimum Gasteiger partial charge on any atom is -0.481 e. The zero-order valence-corrected chi connectivity index (χ0v) is 9.39. The molecule has 1 aliphatic carbocycles. The van der Waals surface area contributed by atoms with Crippen LogP contribution in [0.25, 0.3) is 0 Å². The van der Waals surface area contributed by atoms with Crippen molar-refractivity contribution in [2.24, 2.45) is 0 Å². The van der Waals surface area contributed by atoms with Crippen molar-refractivity contribution in [3.05, 3.63) is 0 Å².